The Kier molecular flexibility index (Phi) is 2.60. The molecule has 0 amide bonds. The van der Waals surface area contributed by atoms with Crippen LogP contribution in [0.4, 0.5) is 0 Å². The number of hydrogen-bond donors (Lipinski definition) is 0. The van der Waals surface area contributed by atoms with Crippen LogP contribution in [0.5, 0.6) is 0 Å². The third-order valence-corrected chi connectivity index (χ3v) is 5.63. The molecule has 0 aromatic heterocycles. The van der Waals surface area contributed by atoms with Gasteiger partial charge >= 0.3 is 0 Å². The van der Waals surface area contributed by atoms with Gasteiger partial charge in [0, 0.05) is 12.1 Å². The molecule has 5 atom stereocenters. The van der Waals surface area contributed by atoms with Crippen molar-refractivity contribution in [3.05, 3.63) is 41.5 Å². The van der Waals surface area contributed by atoms with Gasteiger partial charge in [0.1, 0.15) is 0 Å². The molecule has 1 nitrogen and oxygen atoms in total. The minimum atomic E-state index is 0.754. The van der Waals surface area contributed by atoms with E-state index in [4.69, 9.17) is 0 Å². The summed E-state index contributed by atoms with van der Waals surface area (Å²) in [6.07, 6.45) is 6.75. The predicted molar refractivity (Wildman–Crippen MR) is 79.9 cm³/mol. The molecule has 3 heterocycles. The fourth-order valence-corrected chi connectivity index (χ4v) is 4.69. The van der Waals surface area contributed by atoms with Gasteiger partial charge in [-0.3, -0.25) is 4.90 Å². The SMILES string of the molecule is CC[C@H]1C(c2ccc(C)cc2)=C[C@H]2C3CCN2C1C3. The van der Waals surface area contributed by atoms with E-state index in [0.29, 0.717) is 0 Å². The second-order valence-corrected chi connectivity index (χ2v) is 6.58. The first-order chi connectivity index (χ1) is 9.28. The van der Waals surface area contributed by atoms with Crippen molar-refractivity contribution in [3.8, 4) is 0 Å². The molecular weight excluding hydrogens is 230 g/mol. The first-order valence-electron chi connectivity index (χ1n) is 7.82. The molecule has 0 N–H and O–H groups in total. The van der Waals surface area contributed by atoms with Crippen LogP contribution in [0.3, 0.4) is 0 Å². The van der Waals surface area contributed by atoms with Crippen molar-refractivity contribution >= 4 is 5.57 Å². The highest BCUT2D eigenvalue weighted by Crippen LogP contribution is 2.50. The number of aryl methyl sites for hydroxylation is 1. The van der Waals surface area contributed by atoms with Crippen LogP contribution >= 0.6 is 0 Å². The summed E-state index contributed by atoms with van der Waals surface area (Å²) in [6.45, 7) is 5.88. The number of benzene rings is 1. The first kappa shape index (κ1) is 11.7. The fourth-order valence-electron chi connectivity index (χ4n) is 4.69. The summed E-state index contributed by atoms with van der Waals surface area (Å²) in [5.41, 5.74) is 4.47. The quantitative estimate of drug-likeness (QED) is 0.773. The maximum Gasteiger partial charge on any atom is 0.0316 e. The summed E-state index contributed by atoms with van der Waals surface area (Å²) in [5, 5.41) is 0. The fraction of sp³-hybridized carbons (Fsp3) is 0.556. The van der Waals surface area contributed by atoms with E-state index in [1.165, 1.54) is 36.9 Å². The number of hydrogen-bond acceptors (Lipinski definition) is 1. The lowest BCUT2D eigenvalue weighted by atomic mass is 9.81. The van der Waals surface area contributed by atoms with Gasteiger partial charge in [-0.05, 0) is 55.7 Å². The van der Waals surface area contributed by atoms with Crippen molar-refractivity contribution in [2.24, 2.45) is 11.8 Å². The maximum absolute atomic E-state index is 2.79. The van der Waals surface area contributed by atoms with Crippen molar-refractivity contribution in [1.82, 2.24) is 4.90 Å². The molecule has 1 aromatic rings. The average molecular weight is 253 g/mol. The first-order valence-corrected chi connectivity index (χ1v) is 7.82. The minimum absolute atomic E-state index is 0.754. The molecule has 0 radical (unpaired) electrons. The lowest BCUT2D eigenvalue weighted by Crippen LogP contribution is -2.42. The standard InChI is InChI=1S/C18H23N/c1-3-15-16(13-6-4-12(2)5-7-13)11-17-14-8-9-19(17)18(15)10-14/h4-7,11,14-15,17-18H,3,8-10H2,1-2H3/t14?,15-,17-,18?/m0/s1. The van der Waals surface area contributed by atoms with Gasteiger partial charge in [-0.1, -0.05) is 42.8 Å². The van der Waals surface area contributed by atoms with E-state index in [1.54, 1.807) is 5.57 Å². The molecule has 1 heteroatoms. The summed E-state index contributed by atoms with van der Waals surface area (Å²) >= 11 is 0. The van der Waals surface area contributed by atoms with E-state index >= 15 is 0 Å². The molecule has 100 valence electrons. The lowest BCUT2D eigenvalue weighted by Gasteiger charge is -2.38. The molecule has 0 saturated carbocycles. The van der Waals surface area contributed by atoms with Crippen LogP contribution in [0.15, 0.2) is 30.3 Å². The zero-order valence-corrected chi connectivity index (χ0v) is 12.0. The van der Waals surface area contributed by atoms with Gasteiger partial charge < -0.3 is 0 Å². The molecule has 3 aliphatic rings. The van der Waals surface area contributed by atoms with Crippen molar-refractivity contribution < 1.29 is 0 Å². The Morgan fingerprint density at radius 1 is 1.21 bits per heavy atom. The van der Waals surface area contributed by atoms with Gasteiger partial charge in [0.05, 0.1) is 0 Å². The number of piperidine rings is 1. The topological polar surface area (TPSA) is 3.24 Å². The van der Waals surface area contributed by atoms with Gasteiger partial charge in [-0.15, -0.1) is 0 Å². The molecule has 1 aromatic carbocycles. The van der Waals surface area contributed by atoms with E-state index in [-0.39, 0.29) is 0 Å². The molecule has 4 bridgehead atoms. The van der Waals surface area contributed by atoms with Gasteiger partial charge in [-0.2, -0.15) is 0 Å². The Bertz CT molecular complexity index is 513. The molecule has 0 aliphatic carbocycles. The molecule has 19 heavy (non-hydrogen) atoms. The average Bonchev–Trinajstić information content (AvgIpc) is 2.93. The second kappa shape index (κ2) is 4.21. The van der Waals surface area contributed by atoms with Crippen LogP contribution in [0.2, 0.25) is 0 Å². The molecule has 0 spiro atoms. The smallest absolute Gasteiger partial charge is 0.0316 e. The van der Waals surface area contributed by atoms with Gasteiger partial charge in [-0.25, -0.2) is 0 Å². The highest BCUT2D eigenvalue weighted by molar-refractivity contribution is 5.70. The maximum atomic E-state index is 2.79. The Balaban J connectivity index is 1.76. The summed E-state index contributed by atoms with van der Waals surface area (Å²) in [4.78, 5) is 2.79. The van der Waals surface area contributed by atoms with Crippen LogP contribution in [0.25, 0.3) is 5.57 Å². The van der Waals surface area contributed by atoms with E-state index in [0.717, 1.165) is 23.9 Å². The third kappa shape index (κ3) is 1.64. The molecule has 3 unspecified atom stereocenters. The number of nitrogens with zero attached hydrogens (tertiary/aromatic N) is 1. The Hall–Kier alpha value is -1.08. The van der Waals surface area contributed by atoms with Gasteiger partial charge in [0.15, 0.2) is 0 Å². The Labute approximate surface area is 116 Å². The Morgan fingerprint density at radius 2 is 2.00 bits per heavy atom. The third-order valence-electron chi connectivity index (χ3n) is 5.63. The van der Waals surface area contributed by atoms with E-state index in [2.05, 4.69) is 49.1 Å². The van der Waals surface area contributed by atoms with Gasteiger partial charge in [0.2, 0.25) is 0 Å². The van der Waals surface area contributed by atoms with Crippen LogP contribution in [0.1, 0.15) is 37.3 Å². The Morgan fingerprint density at radius 3 is 2.74 bits per heavy atom. The zero-order valence-electron chi connectivity index (χ0n) is 12.0. The summed E-state index contributed by atoms with van der Waals surface area (Å²) < 4.78 is 0. The van der Waals surface area contributed by atoms with Gasteiger partial charge in [0.25, 0.3) is 0 Å². The summed E-state index contributed by atoms with van der Waals surface area (Å²) in [7, 11) is 0. The predicted octanol–water partition coefficient (Wildman–Crippen LogP) is 3.88. The zero-order chi connectivity index (χ0) is 13.0. The molecule has 2 saturated heterocycles. The largest absolute Gasteiger partial charge is 0.293 e. The summed E-state index contributed by atoms with van der Waals surface area (Å²) in [6, 6.07) is 10.7. The minimum Gasteiger partial charge on any atom is -0.293 e. The number of rotatable bonds is 2. The van der Waals surface area contributed by atoms with Crippen molar-refractivity contribution in [3.63, 3.8) is 0 Å². The molecular formula is C18H23N. The van der Waals surface area contributed by atoms with E-state index in [9.17, 15) is 0 Å². The molecule has 2 fully saturated rings. The van der Waals surface area contributed by atoms with E-state index < -0.39 is 0 Å². The van der Waals surface area contributed by atoms with E-state index in [1.807, 2.05) is 0 Å². The highest BCUT2D eigenvalue weighted by atomic mass is 15.3. The molecule has 3 aliphatic heterocycles. The van der Waals surface area contributed by atoms with Crippen LogP contribution < -0.4 is 0 Å². The molecule has 4 rings (SSSR count). The van der Waals surface area contributed by atoms with Crippen molar-refractivity contribution in [2.75, 3.05) is 6.54 Å². The van der Waals surface area contributed by atoms with Crippen LogP contribution in [-0.4, -0.2) is 23.5 Å². The monoisotopic (exact) mass is 253 g/mol. The second-order valence-electron chi connectivity index (χ2n) is 6.58. The van der Waals surface area contributed by atoms with Crippen molar-refractivity contribution in [2.45, 2.75) is 45.2 Å². The van der Waals surface area contributed by atoms with Crippen LogP contribution in [-0.2, 0) is 0 Å². The normalized spacial score (nSPS) is 39.5. The van der Waals surface area contributed by atoms with Crippen LogP contribution in [0, 0.1) is 18.8 Å². The highest BCUT2D eigenvalue weighted by Gasteiger charge is 2.50. The van der Waals surface area contributed by atoms with Crippen molar-refractivity contribution in [1.29, 1.82) is 0 Å². The lowest BCUT2D eigenvalue weighted by molar-refractivity contribution is 0.188. The summed E-state index contributed by atoms with van der Waals surface area (Å²) in [5.74, 6) is 1.70.